The lowest BCUT2D eigenvalue weighted by molar-refractivity contribution is -0.384. The van der Waals surface area contributed by atoms with Crippen LogP contribution in [-0.2, 0) is 14.3 Å². The number of likely N-dealkylation sites (N-methyl/N-ethyl adjacent to an activating group) is 1. The van der Waals surface area contributed by atoms with Crippen LogP contribution in [0.1, 0.15) is 24.1 Å². The summed E-state index contributed by atoms with van der Waals surface area (Å²) >= 11 is 0. The molecule has 1 unspecified atom stereocenters. The number of hydrogen-bond donors (Lipinski definition) is 0. The SMILES string of the molecule is CC(c1ccccc1)N(C)C(=O)COC(=O)/C=C/c1cccc([N+](=O)[O-])c1. The second kappa shape index (κ2) is 9.28. The summed E-state index contributed by atoms with van der Waals surface area (Å²) in [6.45, 7) is 1.50. The van der Waals surface area contributed by atoms with Gasteiger partial charge in [0, 0.05) is 25.3 Å². The molecule has 27 heavy (non-hydrogen) atoms. The van der Waals surface area contributed by atoms with Crippen LogP contribution in [-0.4, -0.2) is 35.4 Å². The maximum Gasteiger partial charge on any atom is 0.331 e. The van der Waals surface area contributed by atoms with Crippen molar-refractivity contribution in [1.82, 2.24) is 4.90 Å². The first-order valence-corrected chi connectivity index (χ1v) is 8.28. The molecule has 0 fully saturated rings. The van der Waals surface area contributed by atoms with Crippen molar-refractivity contribution in [2.45, 2.75) is 13.0 Å². The number of amides is 1. The minimum absolute atomic E-state index is 0.0720. The van der Waals surface area contributed by atoms with E-state index in [1.54, 1.807) is 13.1 Å². The average Bonchev–Trinajstić information content (AvgIpc) is 2.70. The van der Waals surface area contributed by atoms with Gasteiger partial charge in [-0.15, -0.1) is 0 Å². The molecule has 7 nitrogen and oxygen atoms in total. The lowest BCUT2D eigenvalue weighted by Crippen LogP contribution is -2.33. The molecule has 0 radical (unpaired) electrons. The van der Waals surface area contributed by atoms with Crippen LogP contribution in [0.2, 0.25) is 0 Å². The molecule has 2 aromatic rings. The fourth-order valence-corrected chi connectivity index (χ4v) is 2.36. The highest BCUT2D eigenvalue weighted by molar-refractivity contribution is 5.89. The van der Waals surface area contributed by atoms with Gasteiger partial charge in [-0.3, -0.25) is 14.9 Å². The van der Waals surface area contributed by atoms with Gasteiger partial charge in [0.2, 0.25) is 0 Å². The van der Waals surface area contributed by atoms with Gasteiger partial charge in [-0.25, -0.2) is 4.79 Å². The third-order valence-corrected chi connectivity index (χ3v) is 4.09. The van der Waals surface area contributed by atoms with Crippen LogP contribution in [0.5, 0.6) is 0 Å². The number of nitrogens with zero attached hydrogens (tertiary/aromatic N) is 2. The molecule has 1 amide bonds. The monoisotopic (exact) mass is 368 g/mol. The van der Waals surface area contributed by atoms with E-state index in [0.29, 0.717) is 5.56 Å². The normalized spacial score (nSPS) is 11.8. The van der Waals surface area contributed by atoms with Crippen molar-refractivity contribution in [3.05, 3.63) is 81.9 Å². The number of carbonyl (C=O) groups is 2. The summed E-state index contributed by atoms with van der Waals surface area (Å²) in [4.78, 5) is 35.7. The van der Waals surface area contributed by atoms with Crippen molar-refractivity contribution < 1.29 is 19.2 Å². The largest absolute Gasteiger partial charge is 0.452 e. The molecule has 2 rings (SSSR count). The van der Waals surface area contributed by atoms with Gasteiger partial charge in [-0.1, -0.05) is 42.5 Å². The molecule has 0 aliphatic heterocycles. The Morgan fingerprint density at radius 1 is 1.19 bits per heavy atom. The van der Waals surface area contributed by atoms with E-state index in [1.165, 1.54) is 29.2 Å². The predicted molar refractivity (Wildman–Crippen MR) is 101 cm³/mol. The molecular formula is C20H20N2O5. The van der Waals surface area contributed by atoms with E-state index >= 15 is 0 Å². The van der Waals surface area contributed by atoms with Crippen molar-refractivity contribution in [1.29, 1.82) is 0 Å². The summed E-state index contributed by atoms with van der Waals surface area (Å²) in [5.74, 6) is -1.03. The van der Waals surface area contributed by atoms with Crippen molar-refractivity contribution in [3.8, 4) is 0 Å². The van der Waals surface area contributed by atoms with Gasteiger partial charge >= 0.3 is 5.97 Å². The molecule has 0 aromatic heterocycles. The Morgan fingerprint density at radius 3 is 2.56 bits per heavy atom. The molecule has 0 N–H and O–H groups in total. The summed E-state index contributed by atoms with van der Waals surface area (Å²) in [6.07, 6.45) is 2.53. The van der Waals surface area contributed by atoms with E-state index in [1.807, 2.05) is 37.3 Å². The molecule has 0 bridgehead atoms. The third-order valence-electron chi connectivity index (χ3n) is 4.09. The Hall–Kier alpha value is -3.48. The number of carbonyl (C=O) groups excluding carboxylic acids is 2. The van der Waals surface area contributed by atoms with Gasteiger partial charge in [-0.05, 0) is 24.1 Å². The van der Waals surface area contributed by atoms with Crippen LogP contribution in [0.4, 0.5) is 5.69 Å². The second-order valence-corrected chi connectivity index (χ2v) is 5.88. The summed E-state index contributed by atoms with van der Waals surface area (Å²) < 4.78 is 4.96. The van der Waals surface area contributed by atoms with Crippen LogP contribution in [0, 0.1) is 10.1 Å². The highest BCUT2D eigenvalue weighted by atomic mass is 16.6. The molecule has 0 aliphatic carbocycles. The summed E-state index contributed by atoms with van der Waals surface area (Å²) in [6, 6.07) is 15.2. The number of ether oxygens (including phenoxy) is 1. The van der Waals surface area contributed by atoms with Gasteiger partial charge < -0.3 is 9.64 Å². The van der Waals surface area contributed by atoms with E-state index in [9.17, 15) is 19.7 Å². The Morgan fingerprint density at radius 2 is 1.89 bits per heavy atom. The van der Waals surface area contributed by atoms with Gasteiger partial charge in [0.05, 0.1) is 11.0 Å². The number of esters is 1. The standard InChI is InChI=1S/C20H20N2O5/c1-15(17-8-4-3-5-9-17)21(2)19(23)14-27-20(24)12-11-16-7-6-10-18(13-16)22(25)26/h3-13,15H,14H2,1-2H3/b12-11+. The zero-order valence-corrected chi connectivity index (χ0v) is 15.1. The first kappa shape index (κ1) is 19.8. The number of benzene rings is 2. The van der Waals surface area contributed by atoms with Gasteiger partial charge in [0.15, 0.2) is 6.61 Å². The first-order valence-electron chi connectivity index (χ1n) is 8.28. The average molecular weight is 368 g/mol. The van der Waals surface area contributed by atoms with E-state index in [4.69, 9.17) is 4.74 Å². The van der Waals surface area contributed by atoms with Crippen molar-refractivity contribution >= 4 is 23.6 Å². The highest BCUT2D eigenvalue weighted by Gasteiger charge is 2.18. The zero-order valence-electron chi connectivity index (χ0n) is 15.1. The van der Waals surface area contributed by atoms with Crippen LogP contribution in [0.3, 0.4) is 0 Å². The quantitative estimate of drug-likeness (QED) is 0.323. The minimum Gasteiger partial charge on any atom is -0.452 e. The zero-order chi connectivity index (χ0) is 19.8. The van der Waals surface area contributed by atoms with Gasteiger partial charge in [0.25, 0.3) is 11.6 Å². The molecule has 0 saturated carbocycles. The molecular weight excluding hydrogens is 348 g/mol. The van der Waals surface area contributed by atoms with Crippen LogP contribution in [0.15, 0.2) is 60.7 Å². The maximum atomic E-state index is 12.2. The number of hydrogen-bond acceptors (Lipinski definition) is 5. The molecule has 7 heteroatoms. The minimum atomic E-state index is -0.698. The van der Waals surface area contributed by atoms with Crippen molar-refractivity contribution in [2.75, 3.05) is 13.7 Å². The second-order valence-electron chi connectivity index (χ2n) is 5.88. The Bertz CT molecular complexity index is 848. The Balaban J connectivity index is 1.88. The van der Waals surface area contributed by atoms with Crippen molar-refractivity contribution in [3.63, 3.8) is 0 Å². The van der Waals surface area contributed by atoms with Gasteiger partial charge in [-0.2, -0.15) is 0 Å². The van der Waals surface area contributed by atoms with E-state index in [2.05, 4.69) is 0 Å². The Labute approximate surface area is 157 Å². The molecule has 0 spiro atoms. The third kappa shape index (κ3) is 5.78. The van der Waals surface area contributed by atoms with Crippen molar-refractivity contribution in [2.24, 2.45) is 0 Å². The van der Waals surface area contributed by atoms with Gasteiger partial charge in [0.1, 0.15) is 0 Å². The lowest BCUT2D eigenvalue weighted by atomic mass is 10.1. The van der Waals surface area contributed by atoms with Crippen LogP contribution in [0.25, 0.3) is 6.08 Å². The fourth-order valence-electron chi connectivity index (χ4n) is 2.36. The summed E-state index contributed by atoms with van der Waals surface area (Å²) in [5, 5.41) is 10.7. The molecule has 0 heterocycles. The van der Waals surface area contributed by atoms with Crippen LogP contribution >= 0.6 is 0 Å². The Kier molecular flexibility index (Phi) is 6.82. The van der Waals surface area contributed by atoms with E-state index in [0.717, 1.165) is 11.6 Å². The maximum absolute atomic E-state index is 12.2. The first-order chi connectivity index (χ1) is 12.9. The van der Waals surface area contributed by atoms with Crippen LogP contribution < -0.4 is 0 Å². The molecule has 2 aromatic carbocycles. The number of nitro benzene ring substituents is 1. The molecule has 0 aliphatic rings. The molecule has 140 valence electrons. The number of non-ortho nitro benzene ring substituents is 1. The molecule has 0 saturated heterocycles. The smallest absolute Gasteiger partial charge is 0.331 e. The topological polar surface area (TPSA) is 89.8 Å². The fraction of sp³-hybridized carbons (Fsp3) is 0.200. The number of nitro groups is 1. The predicted octanol–water partition coefficient (Wildman–Crippen LogP) is 3.37. The molecule has 1 atom stereocenters. The summed E-state index contributed by atoms with van der Waals surface area (Å²) in [5.41, 5.74) is 1.39. The van der Waals surface area contributed by atoms with E-state index in [-0.39, 0.29) is 24.2 Å². The van der Waals surface area contributed by atoms with E-state index < -0.39 is 10.9 Å². The lowest BCUT2D eigenvalue weighted by Gasteiger charge is -2.25. The highest BCUT2D eigenvalue weighted by Crippen LogP contribution is 2.18. The summed E-state index contributed by atoms with van der Waals surface area (Å²) in [7, 11) is 1.65. The number of rotatable bonds is 7.